The number of carbonyl (C=O) groups is 1. The highest BCUT2D eigenvalue weighted by molar-refractivity contribution is 7.97. The van der Waals surface area contributed by atoms with Crippen LogP contribution in [0.3, 0.4) is 0 Å². The van der Waals surface area contributed by atoms with Gasteiger partial charge in [-0.25, -0.2) is 8.42 Å². The van der Waals surface area contributed by atoms with Crippen LogP contribution in [0, 0.1) is 6.92 Å². The van der Waals surface area contributed by atoms with E-state index in [4.69, 9.17) is 4.74 Å². The lowest BCUT2D eigenvalue weighted by Crippen LogP contribution is -2.14. The number of aryl methyl sites for hydroxylation is 1. The molecule has 0 spiro atoms. The van der Waals surface area contributed by atoms with Crippen molar-refractivity contribution in [3.8, 4) is 5.75 Å². The summed E-state index contributed by atoms with van der Waals surface area (Å²) in [4.78, 5) is 12.8. The number of amides is 1. The Kier molecular flexibility index (Phi) is 8.53. The summed E-state index contributed by atoms with van der Waals surface area (Å²) < 4.78 is 33.6. The second-order valence-electron chi connectivity index (χ2n) is 8.46. The third-order valence-electron chi connectivity index (χ3n) is 5.62. The molecule has 37 heavy (non-hydrogen) atoms. The van der Waals surface area contributed by atoms with Crippen molar-refractivity contribution < 1.29 is 17.9 Å². The highest BCUT2D eigenvalue weighted by Crippen LogP contribution is 2.28. The second-order valence-corrected chi connectivity index (χ2v) is 11.1. The van der Waals surface area contributed by atoms with E-state index in [1.54, 1.807) is 36.4 Å². The van der Waals surface area contributed by atoms with Crippen molar-refractivity contribution in [3.63, 3.8) is 0 Å². The summed E-state index contributed by atoms with van der Waals surface area (Å²) in [5.74, 6) is 1.96. The Morgan fingerprint density at radius 3 is 2.14 bits per heavy atom. The molecule has 0 bridgehead atoms. The molecule has 0 fully saturated rings. The zero-order valence-electron chi connectivity index (χ0n) is 20.6. The normalized spacial score (nSPS) is 11.1. The Balaban J connectivity index is 1.34. The van der Waals surface area contributed by atoms with Crippen LogP contribution in [0.5, 0.6) is 5.75 Å². The maximum atomic E-state index is 12.9. The number of anilines is 2. The number of hydrogen-bond acceptors (Lipinski definition) is 5. The van der Waals surface area contributed by atoms with Crippen molar-refractivity contribution in [1.29, 1.82) is 0 Å². The number of carbonyl (C=O) groups excluding carboxylic acids is 1. The minimum Gasteiger partial charge on any atom is -0.495 e. The zero-order chi connectivity index (χ0) is 26.3. The Bertz CT molecular complexity index is 1450. The van der Waals surface area contributed by atoms with Gasteiger partial charge in [0.1, 0.15) is 5.75 Å². The van der Waals surface area contributed by atoms with E-state index >= 15 is 0 Å². The minimum absolute atomic E-state index is 0.0754. The summed E-state index contributed by atoms with van der Waals surface area (Å²) in [6, 6.07) is 29.1. The molecule has 0 unspecified atom stereocenters. The molecule has 2 N–H and O–H groups in total. The highest BCUT2D eigenvalue weighted by atomic mass is 32.2. The molecule has 0 aliphatic heterocycles. The predicted octanol–water partition coefficient (Wildman–Crippen LogP) is 6.49. The average molecular weight is 533 g/mol. The Hall–Kier alpha value is -3.75. The van der Waals surface area contributed by atoms with Gasteiger partial charge >= 0.3 is 0 Å². The molecule has 0 aliphatic rings. The van der Waals surface area contributed by atoms with Crippen LogP contribution in [-0.4, -0.2) is 21.4 Å². The largest absolute Gasteiger partial charge is 0.495 e. The molecular formula is C29H28N2O4S2. The van der Waals surface area contributed by atoms with Gasteiger partial charge in [-0.2, -0.15) is 11.8 Å². The summed E-state index contributed by atoms with van der Waals surface area (Å²) in [5, 5.41) is 2.82. The van der Waals surface area contributed by atoms with Gasteiger partial charge < -0.3 is 10.1 Å². The number of benzene rings is 4. The van der Waals surface area contributed by atoms with Crippen LogP contribution >= 0.6 is 11.8 Å². The molecule has 4 rings (SSSR count). The lowest BCUT2D eigenvalue weighted by Gasteiger charge is -2.13. The number of nitrogens with one attached hydrogen (secondary N) is 2. The number of sulfonamides is 1. The molecule has 190 valence electrons. The maximum Gasteiger partial charge on any atom is 0.262 e. The molecule has 4 aromatic carbocycles. The van der Waals surface area contributed by atoms with Gasteiger partial charge in [0.25, 0.3) is 15.9 Å². The summed E-state index contributed by atoms with van der Waals surface area (Å²) >= 11 is 1.82. The summed E-state index contributed by atoms with van der Waals surface area (Å²) in [5.41, 5.74) is 4.72. The van der Waals surface area contributed by atoms with Crippen LogP contribution in [0.15, 0.2) is 102 Å². The van der Waals surface area contributed by atoms with E-state index in [1.165, 1.54) is 24.8 Å². The SMILES string of the molecule is COc1ccc(C)cc1NS(=O)(=O)c1ccc(NC(=O)c2ccc(CSCc3ccccc3)cc2)cc1. The number of thioether (sulfide) groups is 1. The number of rotatable bonds is 10. The van der Waals surface area contributed by atoms with Gasteiger partial charge in [0.2, 0.25) is 0 Å². The van der Waals surface area contributed by atoms with Crippen molar-refractivity contribution >= 4 is 39.1 Å². The third kappa shape index (κ3) is 7.15. The van der Waals surface area contributed by atoms with Gasteiger partial charge in [-0.05, 0) is 72.1 Å². The maximum absolute atomic E-state index is 12.9. The fraction of sp³-hybridized carbons (Fsp3) is 0.138. The Morgan fingerprint density at radius 1 is 0.838 bits per heavy atom. The van der Waals surface area contributed by atoms with Crippen LogP contribution < -0.4 is 14.8 Å². The average Bonchev–Trinajstić information content (AvgIpc) is 2.90. The first-order valence-electron chi connectivity index (χ1n) is 11.6. The predicted molar refractivity (Wildman–Crippen MR) is 151 cm³/mol. The molecule has 0 aromatic heterocycles. The van der Waals surface area contributed by atoms with Gasteiger partial charge in [0.15, 0.2) is 0 Å². The van der Waals surface area contributed by atoms with E-state index in [2.05, 4.69) is 22.2 Å². The molecule has 0 saturated carbocycles. The summed E-state index contributed by atoms with van der Waals surface area (Å²) in [7, 11) is -2.35. The summed E-state index contributed by atoms with van der Waals surface area (Å²) in [6.45, 7) is 1.87. The van der Waals surface area contributed by atoms with Crippen LogP contribution in [0.4, 0.5) is 11.4 Å². The number of methoxy groups -OCH3 is 1. The zero-order valence-corrected chi connectivity index (χ0v) is 22.2. The molecule has 4 aromatic rings. The number of ether oxygens (including phenoxy) is 1. The van der Waals surface area contributed by atoms with Crippen LogP contribution in [0.25, 0.3) is 0 Å². The van der Waals surface area contributed by atoms with E-state index in [-0.39, 0.29) is 10.8 Å². The fourth-order valence-electron chi connectivity index (χ4n) is 3.64. The van der Waals surface area contributed by atoms with Gasteiger partial charge in [-0.1, -0.05) is 48.5 Å². The van der Waals surface area contributed by atoms with Crippen LogP contribution in [0.1, 0.15) is 27.0 Å². The van der Waals surface area contributed by atoms with E-state index < -0.39 is 10.0 Å². The molecule has 0 heterocycles. The smallest absolute Gasteiger partial charge is 0.262 e. The molecule has 6 nitrogen and oxygen atoms in total. The Morgan fingerprint density at radius 2 is 1.49 bits per heavy atom. The monoisotopic (exact) mass is 532 g/mol. The first-order chi connectivity index (χ1) is 17.8. The lowest BCUT2D eigenvalue weighted by atomic mass is 10.1. The first-order valence-corrected chi connectivity index (χ1v) is 14.3. The Labute approximate surface area is 222 Å². The molecule has 0 radical (unpaired) electrons. The first kappa shape index (κ1) is 26.3. The van der Waals surface area contributed by atoms with Crippen molar-refractivity contribution in [2.75, 3.05) is 17.1 Å². The third-order valence-corrected chi connectivity index (χ3v) is 8.07. The standard InChI is InChI=1S/C29H28N2O4S2/c1-21-8-17-28(35-2)27(18-21)31-37(33,34)26-15-13-25(14-16-26)30-29(32)24-11-9-23(10-12-24)20-36-19-22-6-4-3-5-7-22/h3-18,31H,19-20H2,1-2H3,(H,30,32). The van der Waals surface area contributed by atoms with Crippen molar-refractivity contribution in [2.45, 2.75) is 23.3 Å². The molecular weight excluding hydrogens is 504 g/mol. The number of hydrogen-bond donors (Lipinski definition) is 2. The topological polar surface area (TPSA) is 84.5 Å². The molecule has 0 atom stereocenters. The quantitative estimate of drug-likeness (QED) is 0.244. The van der Waals surface area contributed by atoms with Crippen LogP contribution in [-0.2, 0) is 21.5 Å². The van der Waals surface area contributed by atoms with E-state index in [0.29, 0.717) is 22.7 Å². The van der Waals surface area contributed by atoms with Gasteiger partial charge in [0, 0.05) is 22.8 Å². The van der Waals surface area contributed by atoms with Gasteiger partial charge in [-0.15, -0.1) is 0 Å². The van der Waals surface area contributed by atoms with Gasteiger partial charge in [-0.3, -0.25) is 9.52 Å². The van der Waals surface area contributed by atoms with E-state index in [9.17, 15) is 13.2 Å². The molecule has 1 amide bonds. The van der Waals surface area contributed by atoms with Gasteiger partial charge in [0.05, 0.1) is 17.7 Å². The minimum atomic E-state index is -3.84. The van der Waals surface area contributed by atoms with Crippen molar-refractivity contribution in [1.82, 2.24) is 0 Å². The van der Waals surface area contributed by atoms with E-state index in [0.717, 1.165) is 22.6 Å². The summed E-state index contributed by atoms with van der Waals surface area (Å²) in [6.07, 6.45) is 0. The molecule has 0 saturated heterocycles. The van der Waals surface area contributed by atoms with Crippen molar-refractivity contribution in [3.05, 3.63) is 119 Å². The highest BCUT2D eigenvalue weighted by Gasteiger charge is 2.17. The van der Waals surface area contributed by atoms with Crippen LogP contribution in [0.2, 0.25) is 0 Å². The fourth-order valence-corrected chi connectivity index (χ4v) is 5.66. The second kappa shape index (κ2) is 12.0. The lowest BCUT2D eigenvalue weighted by molar-refractivity contribution is 0.102. The van der Waals surface area contributed by atoms with Crippen molar-refractivity contribution in [2.24, 2.45) is 0 Å². The van der Waals surface area contributed by atoms with E-state index in [1.807, 2.05) is 55.1 Å². The molecule has 8 heteroatoms. The molecule has 0 aliphatic carbocycles.